The van der Waals surface area contributed by atoms with E-state index >= 15 is 0 Å². The Morgan fingerprint density at radius 3 is 2.16 bits per heavy atom. The second-order valence-electron chi connectivity index (χ2n) is 7.90. The molecular formula is C15H25F3N3O3P. The molecule has 0 aliphatic carbocycles. The van der Waals surface area contributed by atoms with Crippen LogP contribution in [-0.4, -0.2) is 40.3 Å². The number of rotatable bonds is 4. The number of nitrogens with one attached hydrogen (secondary N) is 1. The molecule has 0 saturated carbocycles. The van der Waals surface area contributed by atoms with E-state index in [2.05, 4.69) is 10.4 Å². The molecule has 0 unspecified atom stereocenters. The van der Waals surface area contributed by atoms with Crippen molar-refractivity contribution in [2.45, 2.75) is 58.5 Å². The lowest BCUT2D eigenvalue weighted by Gasteiger charge is -2.29. The molecule has 1 aromatic heterocycles. The average Bonchev–Trinajstić information content (AvgIpc) is 2.66. The highest BCUT2D eigenvalue weighted by molar-refractivity contribution is 7.69. The Bertz CT molecular complexity index is 684. The highest BCUT2D eigenvalue weighted by Crippen LogP contribution is 2.37. The molecule has 0 aliphatic rings. The van der Waals surface area contributed by atoms with Crippen LogP contribution in [0, 0.1) is 0 Å². The molecule has 0 saturated heterocycles. The summed E-state index contributed by atoms with van der Waals surface area (Å²) in [4.78, 5) is 11.9. The third-order valence-corrected chi connectivity index (χ3v) is 4.45. The van der Waals surface area contributed by atoms with Gasteiger partial charge in [0.1, 0.15) is 12.7 Å². The summed E-state index contributed by atoms with van der Waals surface area (Å²) >= 11 is 0. The van der Waals surface area contributed by atoms with Crippen molar-refractivity contribution in [1.82, 2.24) is 15.1 Å². The Hall–Kier alpha value is -1.50. The second kappa shape index (κ2) is 6.67. The van der Waals surface area contributed by atoms with Gasteiger partial charge in [-0.05, 0) is 54.0 Å². The van der Waals surface area contributed by atoms with E-state index in [1.165, 1.54) is 13.3 Å². The van der Waals surface area contributed by atoms with Crippen LogP contribution in [0.5, 0.6) is 0 Å². The predicted molar refractivity (Wildman–Crippen MR) is 89.8 cm³/mol. The fourth-order valence-corrected chi connectivity index (χ4v) is 3.19. The van der Waals surface area contributed by atoms with E-state index in [1.54, 1.807) is 34.6 Å². The van der Waals surface area contributed by atoms with Gasteiger partial charge in [0.05, 0.1) is 17.5 Å². The van der Waals surface area contributed by atoms with E-state index in [9.17, 15) is 22.5 Å². The van der Waals surface area contributed by atoms with Gasteiger partial charge in [-0.3, -0.25) is 4.68 Å². The van der Waals surface area contributed by atoms with Gasteiger partial charge in [-0.2, -0.15) is 18.3 Å². The summed E-state index contributed by atoms with van der Waals surface area (Å²) in [5.41, 5.74) is -2.79. The lowest BCUT2D eigenvalue weighted by atomic mass is 10.1. The first-order chi connectivity index (χ1) is 10.9. The minimum Gasteiger partial charge on any atom is -0.444 e. The smallest absolute Gasteiger partial charge is 0.435 e. The van der Waals surface area contributed by atoms with Gasteiger partial charge in [-0.25, -0.2) is 4.79 Å². The van der Waals surface area contributed by atoms with Gasteiger partial charge in [0, 0.05) is 0 Å². The zero-order valence-corrected chi connectivity index (χ0v) is 16.4. The molecule has 1 rings (SSSR count). The third-order valence-electron chi connectivity index (χ3n) is 2.99. The number of hydrogen-bond acceptors (Lipinski definition) is 4. The van der Waals surface area contributed by atoms with Gasteiger partial charge in [0.2, 0.25) is 0 Å². The minimum absolute atomic E-state index is 0.00103. The van der Waals surface area contributed by atoms with Crippen molar-refractivity contribution in [3.8, 4) is 0 Å². The number of alkyl halides is 3. The molecule has 0 atom stereocenters. The summed E-state index contributed by atoms with van der Waals surface area (Å²) in [5.74, 6) is 0. The van der Waals surface area contributed by atoms with Crippen molar-refractivity contribution < 1.29 is 27.3 Å². The van der Waals surface area contributed by atoms with Crippen molar-refractivity contribution in [3.63, 3.8) is 0 Å². The molecule has 1 amide bonds. The first-order valence-electron chi connectivity index (χ1n) is 7.62. The van der Waals surface area contributed by atoms with Crippen molar-refractivity contribution in [1.29, 1.82) is 0 Å². The van der Waals surface area contributed by atoms with Gasteiger partial charge in [0.25, 0.3) is 0 Å². The molecule has 0 bridgehead atoms. The molecule has 144 valence electrons. The van der Waals surface area contributed by atoms with Crippen LogP contribution in [0.15, 0.2) is 6.07 Å². The quantitative estimate of drug-likeness (QED) is 0.809. The topological polar surface area (TPSA) is 73.2 Å². The number of hydrogen-bond donors (Lipinski definition) is 1. The Morgan fingerprint density at radius 1 is 1.24 bits per heavy atom. The Labute approximate surface area is 145 Å². The van der Waals surface area contributed by atoms with Crippen LogP contribution in [0.2, 0.25) is 0 Å². The number of nitrogens with zero attached hydrogens (tertiary/aromatic N) is 2. The zero-order valence-electron chi connectivity index (χ0n) is 15.5. The van der Waals surface area contributed by atoms with Gasteiger partial charge < -0.3 is 14.6 Å². The number of alkyl carbamates (subject to hydrolysis) is 1. The highest BCUT2D eigenvalue weighted by Gasteiger charge is 2.37. The van der Waals surface area contributed by atoms with Crippen LogP contribution in [-0.2, 0) is 22.0 Å². The van der Waals surface area contributed by atoms with Crippen molar-refractivity contribution in [2.24, 2.45) is 0 Å². The van der Waals surface area contributed by atoms with E-state index in [1.807, 2.05) is 0 Å². The number of carbonyl (C=O) groups is 1. The maximum atomic E-state index is 12.9. The first-order valence-corrected chi connectivity index (χ1v) is 10.2. The second-order valence-corrected chi connectivity index (χ2v) is 11.1. The molecule has 25 heavy (non-hydrogen) atoms. The van der Waals surface area contributed by atoms with E-state index < -0.39 is 36.2 Å². The van der Waals surface area contributed by atoms with Crippen molar-refractivity contribution in [3.05, 3.63) is 11.8 Å². The van der Waals surface area contributed by atoms with Crippen LogP contribution in [0.4, 0.5) is 18.0 Å². The highest BCUT2D eigenvalue weighted by atomic mass is 31.2. The van der Waals surface area contributed by atoms with Crippen molar-refractivity contribution >= 4 is 18.7 Å². The van der Waals surface area contributed by atoms with E-state index in [4.69, 9.17) is 4.74 Å². The largest absolute Gasteiger partial charge is 0.444 e. The maximum Gasteiger partial charge on any atom is 0.435 e. The van der Waals surface area contributed by atoms with Gasteiger partial charge in [0.15, 0.2) is 5.69 Å². The van der Waals surface area contributed by atoms with Crippen LogP contribution in [0.3, 0.4) is 0 Å². The summed E-state index contributed by atoms with van der Waals surface area (Å²) in [5, 5.41) is 6.14. The molecule has 1 N–H and O–H groups in total. The first kappa shape index (κ1) is 21.5. The summed E-state index contributed by atoms with van der Waals surface area (Å²) in [6.07, 6.45) is -5.34. The zero-order chi connectivity index (χ0) is 19.8. The van der Waals surface area contributed by atoms with Crippen LogP contribution in [0.1, 0.15) is 40.3 Å². The van der Waals surface area contributed by atoms with Gasteiger partial charge >= 0.3 is 12.3 Å². The fraction of sp³-hybridized carbons (Fsp3) is 0.733. The molecule has 10 heteroatoms. The van der Waals surface area contributed by atoms with Gasteiger partial charge in [-0.15, -0.1) is 0 Å². The lowest BCUT2D eigenvalue weighted by Crippen LogP contribution is -2.49. The third kappa shape index (κ3) is 6.72. The minimum atomic E-state index is -4.64. The number of aromatic nitrogens is 2. The number of halogens is 3. The molecule has 6 nitrogen and oxygen atoms in total. The normalized spacial score (nSPS) is 13.7. The fourth-order valence-electron chi connectivity index (χ4n) is 2.09. The Kier molecular flexibility index (Phi) is 5.74. The Morgan fingerprint density at radius 2 is 1.76 bits per heavy atom. The predicted octanol–water partition coefficient (Wildman–Crippen LogP) is 3.45. The SMILES string of the molecule is CC(C)(Cn1nc(C(F)(F)F)cc1P(C)(C)=O)NC(=O)OC(C)(C)C. The number of amides is 1. The van der Waals surface area contributed by atoms with Crippen molar-refractivity contribution in [2.75, 3.05) is 13.3 Å². The van der Waals surface area contributed by atoms with E-state index in [0.29, 0.717) is 0 Å². The molecule has 1 aromatic rings. The monoisotopic (exact) mass is 383 g/mol. The number of carbonyl (C=O) groups excluding carboxylic acids is 1. The van der Waals surface area contributed by atoms with E-state index in [0.717, 1.165) is 10.7 Å². The molecule has 0 aliphatic heterocycles. The molecular weight excluding hydrogens is 358 g/mol. The lowest BCUT2D eigenvalue weighted by molar-refractivity contribution is -0.141. The maximum absolute atomic E-state index is 12.9. The molecule has 0 fully saturated rings. The molecule has 0 spiro atoms. The summed E-state index contributed by atoms with van der Waals surface area (Å²) in [7, 11) is -3.00. The molecule has 0 aromatic carbocycles. The summed E-state index contributed by atoms with van der Waals surface area (Å²) < 4.78 is 57.4. The Balaban J connectivity index is 3.10. The standard InChI is InChI=1S/C15H25F3N3O3P/c1-13(2,3)24-12(22)19-14(4,5)9-21-11(25(6,7)23)8-10(20-21)15(16,17)18/h8H,9H2,1-7H3,(H,19,22). The van der Waals surface area contributed by atoms with Crippen LogP contribution in [0.25, 0.3) is 0 Å². The number of ether oxygens (including phenoxy) is 1. The molecule has 0 radical (unpaired) electrons. The van der Waals surface area contributed by atoms with E-state index in [-0.39, 0.29) is 12.0 Å². The van der Waals surface area contributed by atoms with Crippen LogP contribution < -0.4 is 10.8 Å². The molecule has 1 heterocycles. The summed E-state index contributed by atoms with van der Waals surface area (Å²) in [6.45, 7) is 11.0. The van der Waals surface area contributed by atoms with Gasteiger partial charge in [-0.1, -0.05) is 0 Å². The van der Waals surface area contributed by atoms with Crippen LogP contribution >= 0.6 is 7.14 Å². The average molecular weight is 383 g/mol. The summed E-state index contributed by atoms with van der Waals surface area (Å²) in [6, 6.07) is 0.796.